The van der Waals surface area contributed by atoms with Crippen LogP contribution in [0.2, 0.25) is 0 Å². The van der Waals surface area contributed by atoms with E-state index in [2.05, 4.69) is 10.2 Å². The summed E-state index contributed by atoms with van der Waals surface area (Å²) in [5.74, 6) is 0.290. The van der Waals surface area contributed by atoms with E-state index in [0.717, 1.165) is 21.8 Å². The second kappa shape index (κ2) is 4.07. The van der Waals surface area contributed by atoms with Crippen LogP contribution in [0, 0.1) is 0 Å². The Labute approximate surface area is 102 Å². The highest BCUT2D eigenvalue weighted by Crippen LogP contribution is 2.34. The van der Waals surface area contributed by atoms with Crippen molar-refractivity contribution in [3.8, 4) is 27.6 Å². The van der Waals surface area contributed by atoms with E-state index in [1.807, 2.05) is 41.8 Å². The summed E-state index contributed by atoms with van der Waals surface area (Å²) in [5, 5.41) is 18.7. The maximum absolute atomic E-state index is 9.65. The van der Waals surface area contributed by atoms with Gasteiger partial charge in [0.15, 0.2) is 0 Å². The molecule has 0 aliphatic heterocycles. The minimum atomic E-state index is 0.290. The van der Waals surface area contributed by atoms with Crippen LogP contribution >= 0.6 is 11.3 Å². The average Bonchev–Trinajstić information content (AvgIpc) is 2.98. The van der Waals surface area contributed by atoms with Crippen molar-refractivity contribution in [1.82, 2.24) is 10.2 Å². The first-order chi connectivity index (χ1) is 8.34. The number of aromatic hydroxyl groups is 1. The molecule has 0 unspecified atom stereocenters. The minimum Gasteiger partial charge on any atom is -0.506 e. The Morgan fingerprint density at radius 2 is 1.94 bits per heavy atom. The van der Waals surface area contributed by atoms with Crippen LogP contribution in [-0.2, 0) is 0 Å². The van der Waals surface area contributed by atoms with E-state index in [4.69, 9.17) is 0 Å². The molecule has 1 aromatic carbocycles. The number of H-pyrrole nitrogens is 1. The first-order valence-corrected chi connectivity index (χ1v) is 6.10. The molecular weight excluding hydrogens is 232 g/mol. The summed E-state index contributed by atoms with van der Waals surface area (Å²) in [4.78, 5) is 0.819. The van der Waals surface area contributed by atoms with Crippen LogP contribution in [-0.4, -0.2) is 15.3 Å². The molecule has 0 amide bonds. The lowest BCUT2D eigenvalue weighted by atomic mass is 10.1. The molecule has 17 heavy (non-hydrogen) atoms. The van der Waals surface area contributed by atoms with Crippen molar-refractivity contribution in [1.29, 1.82) is 0 Å². The lowest BCUT2D eigenvalue weighted by Gasteiger charge is -1.93. The Balaban J connectivity index is 2.02. The van der Waals surface area contributed by atoms with Gasteiger partial charge in [-0.3, -0.25) is 5.10 Å². The highest BCUT2D eigenvalue weighted by Gasteiger charge is 2.09. The molecule has 3 nitrogen and oxygen atoms in total. The van der Waals surface area contributed by atoms with E-state index in [9.17, 15) is 5.11 Å². The van der Waals surface area contributed by atoms with E-state index >= 15 is 0 Å². The summed E-state index contributed by atoms with van der Waals surface area (Å²) in [6.45, 7) is 0. The Hall–Kier alpha value is -2.07. The van der Waals surface area contributed by atoms with Crippen molar-refractivity contribution < 1.29 is 5.11 Å². The van der Waals surface area contributed by atoms with Gasteiger partial charge in [0.1, 0.15) is 5.75 Å². The number of nitrogens with one attached hydrogen (secondary N) is 1. The monoisotopic (exact) mass is 242 g/mol. The fourth-order valence-electron chi connectivity index (χ4n) is 1.70. The molecule has 0 spiro atoms. The number of nitrogens with zero attached hydrogens (tertiary/aromatic N) is 1. The van der Waals surface area contributed by atoms with Gasteiger partial charge in [0.2, 0.25) is 0 Å². The van der Waals surface area contributed by atoms with Gasteiger partial charge in [-0.25, -0.2) is 0 Å². The SMILES string of the molecule is Oc1ccsc1-c1cc(-c2ccccc2)n[nH]1. The zero-order chi connectivity index (χ0) is 11.7. The minimum absolute atomic E-state index is 0.290. The molecule has 0 saturated carbocycles. The zero-order valence-electron chi connectivity index (χ0n) is 8.92. The zero-order valence-corrected chi connectivity index (χ0v) is 9.74. The summed E-state index contributed by atoms with van der Waals surface area (Å²) in [7, 11) is 0. The van der Waals surface area contributed by atoms with Gasteiger partial charge in [-0.2, -0.15) is 5.10 Å². The summed E-state index contributed by atoms with van der Waals surface area (Å²) in [6.07, 6.45) is 0. The standard InChI is InChI=1S/C13H10N2OS/c16-12-6-7-17-13(12)11-8-10(14-15-11)9-4-2-1-3-5-9/h1-8,16H,(H,14,15). The van der Waals surface area contributed by atoms with Gasteiger partial charge in [0, 0.05) is 5.56 Å². The molecule has 4 heteroatoms. The molecule has 2 heterocycles. The van der Waals surface area contributed by atoms with Crippen molar-refractivity contribution in [2.24, 2.45) is 0 Å². The molecule has 3 aromatic rings. The largest absolute Gasteiger partial charge is 0.506 e. The van der Waals surface area contributed by atoms with Gasteiger partial charge in [-0.15, -0.1) is 11.3 Å². The van der Waals surface area contributed by atoms with Gasteiger partial charge in [0.25, 0.3) is 0 Å². The molecule has 0 aliphatic rings. The Bertz CT molecular complexity index is 628. The average molecular weight is 242 g/mol. The molecule has 84 valence electrons. The Morgan fingerprint density at radius 1 is 1.12 bits per heavy atom. The van der Waals surface area contributed by atoms with Crippen LogP contribution in [0.5, 0.6) is 5.75 Å². The highest BCUT2D eigenvalue weighted by molar-refractivity contribution is 7.13. The van der Waals surface area contributed by atoms with Crippen molar-refractivity contribution in [3.63, 3.8) is 0 Å². The Morgan fingerprint density at radius 3 is 2.65 bits per heavy atom. The molecule has 0 atom stereocenters. The van der Waals surface area contributed by atoms with Crippen molar-refractivity contribution in [2.45, 2.75) is 0 Å². The van der Waals surface area contributed by atoms with E-state index in [-0.39, 0.29) is 0 Å². The molecule has 0 bridgehead atoms. The fourth-order valence-corrected chi connectivity index (χ4v) is 2.45. The number of hydrogen-bond acceptors (Lipinski definition) is 3. The first kappa shape index (κ1) is 10.1. The predicted molar refractivity (Wildman–Crippen MR) is 69.0 cm³/mol. The molecule has 2 aromatic heterocycles. The maximum atomic E-state index is 9.65. The number of benzene rings is 1. The molecular formula is C13H10N2OS. The molecule has 0 saturated heterocycles. The van der Waals surface area contributed by atoms with Crippen molar-refractivity contribution >= 4 is 11.3 Å². The molecule has 0 aliphatic carbocycles. The van der Waals surface area contributed by atoms with Crippen molar-refractivity contribution in [3.05, 3.63) is 47.8 Å². The molecule has 0 fully saturated rings. The van der Waals surface area contributed by atoms with E-state index < -0.39 is 0 Å². The second-order valence-corrected chi connectivity index (χ2v) is 4.58. The highest BCUT2D eigenvalue weighted by atomic mass is 32.1. The molecule has 3 rings (SSSR count). The van der Waals surface area contributed by atoms with Crippen LogP contribution in [0.25, 0.3) is 21.8 Å². The summed E-state index contributed by atoms with van der Waals surface area (Å²) in [5.41, 5.74) is 2.79. The predicted octanol–water partition coefficient (Wildman–Crippen LogP) is 3.51. The van der Waals surface area contributed by atoms with E-state index in [0.29, 0.717) is 5.75 Å². The first-order valence-electron chi connectivity index (χ1n) is 5.22. The lowest BCUT2D eigenvalue weighted by Crippen LogP contribution is -1.75. The van der Waals surface area contributed by atoms with Crippen molar-refractivity contribution in [2.75, 3.05) is 0 Å². The third-order valence-electron chi connectivity index (χ3n) is 2.54. The van der Waals surface area contributed by atoms with Gasteiger partial charge >= 0.3 is 0 Å². The molecule has 0 radical (unpaired) electrons. The number of thiophene rings is 1. The van der Waals surface area contributed by atoms with E-state index in [1.54, 1.807) is 6.07 Å². The number of hydrogen-bond donors (Lipinski definition) is 2. The van der Waals surface area contributed by atoms with Crippen LogP contribution in [0.3, 0.4) is 0 Å². The number of aromatic amines is 1. The van der Waals surface area contributed by atoms with Crippen LogP contribution < -0.4 is 0 Å². The summed E-state index contributed by atoms with van der Waals surface area (Å²) in [6, 6.07) is 13.6. The van der Waals surface area contributed by atoms with Crippen LogP contribution in [0.4, 0.5) is 0 Å². The normalized spacial score (nSPS) is 10.6. The number of aromatic nitrogens is 2. The van der Waals surface area contributed by atoms with Gasteiger partial charge in [-0.1, -0.05) is 30.3 Å². The number of rotatable bonds is 2. The lowest BCUT2D eigenvalue weighted by molar-refractivity contribution is 0.479. The second-order valence-electron chi connectivity index (χ2n) is 3.67. The smallest absolute Gasteiger partial charge is 0.135 e. The maximum Gasteiger partial charge on any atom is 0.135 e. The van der Waals surface area contributed by atoms with Crippen LogP contribution in [0.15, 0.2) is 47.8 Å². The van der Waals surface area contributed by atoms with Crippen LogP contribution in [0.1, 0.15) is 0 Å². The fraction of sp³-hybridized carbons (Fsp3) is 0. The summed E-state index contributed by atoms with van der Waals surface area (Å²) < 4.78 is 0. The third kappa shape index (κ3) is 1.83. The Kier molecular flexibility index (Phi) is 2.42. The summed E-state index contributed by atoms with van der Waals surface area (Å²) >= 11 is 1.49. The molecule has 2 N–H and O–H groups in total. The van der Waals surface area contributed by atoms with Gasteiger partial charge in [0.05, 0.1) is 16.3 Å². The third-order valence-corrected chi connectivity index (χ3v) is 3.47. The van der Waals surface area contributed by atoms with E-state index in [1.165, 1.54) is 11.3 Å². The topological polar surface area (TPSA) is 48.9 Å². The van der Waals surface area contributed by atoms with Gasteiger partial charge in [-0.05, 0) is 17.5 Å². The quantitative estimate of drug-likeness (QED) is 0.722. The van der Waals surface area contributed by atoms with Gasteiger partial charge < -0.3 is 5.11 Å².